The molecule has 0 aromatic heterocycles. The molecule has 1 amide bonds. The second-order valence-electron chi connectivity index (χ2n) is 22.5. The molecule has 0 radical (unpaired) electrons. The van der Waals surface area contributed by atoms with Crippen LogP contribution in [0.1, 0.15) is 367 Å². The first-order valence-electron chi connectivity index (χ1n) is 31.9. The Morgan fingerprint density at radius 1 is 0.304 bits per heavy atom. The standard InChI is InChI=1S/C63H127NO5/c1-3-5-7-9-11-13-15-17-19-21-23-25-27-29-30-31-33-34-36-38-40-42-44-46-48-50-52-54-56-60(66)62(68)59(58-65)64-63(69)61(67)57-55-53-51-49-47-45-43-41-39-37-35-32-28-26-24-22-20-18-16-14-12-10-8-6-4-2/h59-62,65-68H,3-58H2,1-2H3,(H,64,69). The van der Waals surface area contributed by atoms with Crippen molar-refractivity contribution in [3.8, 4) is 0 Å². The molecule has 414 valence electrons. The highest BCUT2D eigenvalue weighted by atomic mass is 16.3. The van der Waals surface area contributed by atoms with Crippen molar-refractivity contribution in [1.82, 2.24) is 5.32 Å². The number of carbonyl (C=O) groups is 1. The summed E-state index contributed by atoms with van der Waals surface area (Å²) in [7, 11) is 0. The predicted molar refractivity (Wildman–Crippen MR) is 302 cm³/mol. The minimum Gasteiger partial charge on any atom is -0.394 e. The highest BCUT2D eigenvalue weighted by Gasteiger charge is 2.28. The minimum absolute atomic E-state index is 0.377. The molecule has 0 saturated carbocycles. The molecule has 0 aliphatic heterocycles. The summed E-state index contributed by atoms with van der Waals surface area (Å²) in [4.78, 5) is 12.6. The first-order chi connectivity index (χ1) is 34.0. The Balaban J connectivity index is 3.54. The zero-order valence-corrected chi connectivity index (χ0v) is 47.1. The Kier molecular flexibility index (Phi) is 57.6. The molecule has 0 saturated heterocycles. The van der Waals surface area contributed by atoms with Gasteiger partial charge < -0.3 is 25.7 Å². The molecule has 0 fully saturated rings. The lowest BCUT2D eigenvalue weighted by Crippen LogP contribution is -2.53. The molecule has 5 N–H and O–H groups in total. The molecule has 0 aromatic carbocycles. The van der Waals surface area contributed by atoms with Crippen molar-refractivity contribution < 1.29 is 25.2 Å². The van der Waals surface area contributed by atoms with Crippen LogP contribution in [0.4, 0.5) is 0 Å². The van der Waals surface area contributed by atoms with Crippen molar-refractivity contribution >= 4 is 5.91 Å². The van der Waals surface area contributed by atoms with Crippen molar-refractivity contribution in [1.29, 1.82) is 0 Å². The summed E-state index contributed by atoms with van der Waals surface area (Å²) in [5, 5.41) is 44.2. The number of carbonyl (C=O) groups excluding carboxylic acids is 1. The van der Waals surface area contributed by atoms with Gasteiger partial charge in [-0.1, -0.05) is 354 Å². The third kappa shape index (κ3) is 52.0. The third-order valence-corrected chi connectivity index (χ3v) is 15.6. The monoisotopic (exact) mass is 978 g/mol. The summed E-state index contributed by atoms with van der Waals surface area (Å²) in [6.45, 7) is 4.11. The van der Waals surface area contributed by atoms with E-state index < -0.39 is 36.9 Å². The fourth-order valence-corrected chi connectivity index (χ4v) is 10.6. The van der Waals surface area contributed by atoms with Gasteiger partial charge in [-0.15, -0.1) is 0 Å². The fourth-order valence-electron chi connectivity index (χ4n) is 10.6. The van der Waals surface area contributed by atoms with Crippen molar-refractivity contribution in [2.24, 2.45) is 0 Å². The van der Waals surface area contributed by atoms with E-state index in [1.165, 1.54) is 302 Å². The van der Waals surface area contributed by atoms with E-state index in [1.54, 1.807) is 0 Å². The Morgan fingerprint density at radius 2 is 0.493 bits per heavy atom. The second kappa shape index (κ2) is 58.2. The van der Waals surface area contributed by atoms with Gasteiger partial charge in [0.05, 0.1) is 18.8 Å². The summed E-state index contributed by atoms with van der Waals surface area (Å²) in [5.41, 5.74) is 0. The van der Waals surface area contributed by atoms with E-state index in [-0.39, 0.29) is 0 Å². The van der Waals surface area contributed by atoms with Gasteiger partial charge >= 0.3 is 0 Å². The van der Waals surface area contributed by atoms with Crippen LogP contribution in [0.3, 0.4) is 0 Å². The molecule has 0 spiro atoms. The van der Waals surface area contributed by atoms with Crippen molar-refractivity contribution in [2.45, 2.75) is 391 Å². The zero-order valence-electron chi connectivity index (χ0n) is 47.1. The molecule has 6 nitrogen and oxygen atoms in total. The van der Waals surface area contributed by atoms with Crippen LogP contribution < -0.4 is 5.32 Å². The van der Waals surface area contributed by atoms with Crippen LogP contribution in [0.5, 0.6) is 0 Å². The smallest absolute Gasteiger partial charge is 0.249 e. The van der Waals surface area contributed by atoms with Gasteiger partial charge in [0.15, 0.2) is 0 Å². The maximum Gasteiger partial charge on any atom is 0.249 e. The van der Waals surface area contributed by atoms with Crippen LogP contribution >= 0.6 is 0 Å². The largest absolute Gasteiger partial charge is 0.394 e. The Morgan fingerprint density at radius 3 is 0.696 bits per heavy atom. The Hall–Kier alpha value is -0.690. The van der Waals surface area contributed by atoms with Gasteiger partial charge in [-0.2, -0.15) is 0 Å². The number of amides is 1. The molecular weight excluding hydrogens is 851 g/mol. The molecule has 0 aromatic rings. The number of hydrogen-bond donors (Lipinski definition) is 5. The van der Waals surface area contributed by atoms with Gasteiger partial charge in [0.1, 0.15) is 12.2 Å². The maximum atomic E-state index is 12.6. The number of unbranched alkanes of at least 4 members (excludes halogenated alkanes) is 51. The minimum atomic E-state index is -1.26. The van der Waals surface area contributed by atoms with Crippen LogP contribution in [0.15, 0.2) is 0 Å². The van der Waals surface area contributed by atoms with Crippen molar-refractivity contribution in [3.05, 3.63) is 0 Å². The molecule has 0 aliphatic carbocycles. The van der Waals surface area contributed by atoms with Crippen LogP contribution in [-0.2, 0) is 4.79 Å². The van der Waals surface area contributed by atoms with Gasteiger partial charge in [0.2, 0.25) is 5.91 Å². The van der Waals surface area contributed by atoms with Crippen molar-refractivity contribution in [3.63, 3.8) is 0 Å². The summed E-state index contributed by atoms with van der Waals surface area (Å²) < 4.78 is 0. The van der Waals surface area contributed by atoms with Crippen LogP contribution in [0, 0.1) is 0 Å². The van der Waals surface area contributed by atoms with Gasteiger partial charge in [-0.3, -0.25) is 4.79 Å². The van der Waals surface area contributed by atoms with Gasteiger partial charge in [0.25, 0.3) is 0 Å². The molecule has 4 unspecified atom stereocenters. The molecule has 0 aliphatic rings. The molecule has 0 heterocycles. The quantitative estimate of drug-likeness (QED) is 0.0390. The highest BCUT2D eigenvalue weighted by molar-refractivity contribution is 5.80. The molecule has 69 heavy (non-hydrogen) atoms. The Labute approximate surface area is 432 Å². The van der Waals surface area contributed by atoms with Crippen molar-refractivity contribution in [2.75, 3.05) is 6.61 Å². The lowest BCUT2D eigenvalue weighted by molar-refractivity contribution is -0.132. The highest BCUT2D eigenvalue weighted by Crippen LogP contribution is 2.20. The summed E-state index contributed by atoms with van der Waals surface area (Å²) in [6, 6.07) is -0.981. The van der Waals surface area contributed by atoms with E-state index in [9.17, 15) is 25.2 Å². The lowest BCUT2D eigenvalue weighted by atomic mass is 9.99. The van der Waals surface area contributed by atoms with E-state index in [4.69, 9.17) is 0 Å². The summed E-state index contributed by atoms with van der Waals surface area (Å²) >= 11 is 0. The van der Waals surface area contributed by atoms with Gasteiger partial charge in [0, 0.05) is 0 Å². The van der Waals surface area contributed by atoms with Crippen LogP contribution in [0.25, 0.3) is 0 Å². The van der Waals surface area contributed by atoms with Gasteiger partial charge in [-0.25, -0.2) is 0 Å². The van der Waals surface area contributed by atoms with E-state index in [2.05, 4.69) is 19.2 Å². The van der Waals surface area contributed by atoms with E-state index in [0.29, 0.717) is 12.8 Å². The summed E-state index contributed by atoms with van der Waals surface area (Å²) in [5.74, 6) is -0.574. The molecule has 6 heteroatoms. The second-order valence-corrected chi connectivity index (χ2v) is 22.5. The van der Waals surface area contributed by atoms with Crippen LogP contribution in [-0.4, -0.2) is 57.3 Å². The molecule has 0 bridgehead atoms. The van der Waals surface area contributed by atoms with E-state index >= 15 is 0 Å². The summed E-state index contributed by atoms with van der Waals surface area (Å²) in [6.07, 6.45) is 69.1. The van der Waals surface area contributed by atoms with E-state index in [0.717, 1.165) is 38.5 Å². The molecular formula is C63H127NO5. The number of nitrogens with one attached hydrogen (secondary N) is 1. The van der Waals surface area contributed by atoms with Gasteiger partial charge in [-0.05, 0) is 12.8 Å². The number of hydrogen-bond acceptors (Lipinski definition) is 5. The SMILES string of the molecule is CCCCCCCCCCCCCCCCCCCCCCCCCCCCCCC(O)C(O)C(CO)NC(=O)C(O)CCCCCCCCCCCCCCCCCCCCCCCCCCC. The lowest BCUT2D eigenvalue weighted by Gasteiger charge is -2.27. The first-order valence-corrected chi connectivity index (χ1v) is 31.9. The first kappa shape index (κ1) is 68.3. The average Bonchev–Trinajstić information content (AvgIpc) is 3.35. The Bertz CT molecular complexity index is 964. The molecule has 4 atom stereocenters. The normalized spacial score (nSPS) is 13.5. The maximum absolute atomic E-state index is 12.6. The average molecular weight is 979 g/mol. The van der Waals surface area contributed by atoms with Crippen LogP contribution in [0.2, 0.25) is 0 Å². The fraction of sp³-hybridized carbons (Fsp3) is 0.984. The number of aliphatic hydroxyl groups is 4. The number of rotatable bonds is 60. The topological polar surface area (TPSA) is 110 Å². The number of aliphatic hydroxyl groups excluding tert-OH is 4. The van der Waals surface area contributed by atoms with E-state index in [1.807, 2.05) is 0 Å². The molecule has 0 rings (SSSR count). The predicted octanol–water partition coefficient (Wildman–Crippen LogP) is 19.0. The zero-order chi connectivity index (χ0) is 50.2. The third-order valence-electron chi connectivity index (χ3n) is 15.6.